The molecule has 1 rings (SSSR count). The smallest absolute Gasteiger partial charge is 0.387 e. The molecule has 0 saturated heterocycles. The summed E-state index contributed by atoms with van der Waals surface area (Å²) >= 11 is 0. The number of hydrogen-bond acceptors (Lipinski definition) is 3. The van der Waals surface area contributed by atoms with Crippen LogP contribution in [0, 0.1) is 17.0 Å². The van der Waals surface area contributed by atoms with E-state index in [1.54, 1.807) is 0 Å². The first-order chi connectivity index (χ1) is 7.93. The summed E-state index contributed by atoms with van der Waals surface area (Å²) in [6.45, 7) is 4.11. The summed E-state index contributed by atoms with van der Waals surface area (Å²) in [5.74, 6) is -0.699. The minimum Gasteiger partial charge on any atom is -0.435 e. The molecule has 1 aromatic rings. The first-order valence-electron chi connectivity index (χ1n) is 4.64. The fourth-order valence-corrected chi connectivity index (χ4v) is 1.23. The standard InChI is InChI=1S/C11H10F2NO3/c1-3-7(2)8-4-9(14(15)16)6-10(5-8)17-11(12)13/h3-7,11H,1-2H2. The number of nitro benzene ring substituents is 1. The van der Waals surface area contributed by atoms with E-state index in [9.17, 15) is 18.9 Å². The van der Waals surface area contributed by atoms with E-state index in [1.807, 2.05) is 0 Å². The second-order valence-corrected chi connectivity index (χ2v) is 3.24. The molecule has 6 heteroatoms. The third-order valence-corrected chi connectivity index (χ3v) is 2.06. The second-order valence-electron chi connectivity index (χ2n) is 3.24. The van der Waals surface area contributed by atoms with E-state index >= 15 is 0 Å². The van der Waals surface area contributed by atoms with E-state index in [-0.39, 0.29) is 11.4 Å². The van der Waals surface area contributed by atoms with E-state index in [4.69, 9.17) is 0 Å². The Balaban J connectivity index is 3.18. The number of alkyl halides is 2. The zero-order valence-corrected chi connectivity index (χ0v) is 8.81. The Morgan fingerprint density at radius 2 is 2.06 bits per heavy atom. The molecule has 91 valence electrons. The summed E-state index contributed by atoms with van der Waals surface area (Å²) in [5, 5.41) is 10.6. The second kappa shape index (κ2) is 5.38. The highest BCUT2D eigenvalue weighted by molar-refractivity contribution is 5.45. The predicted molar refractivity (Wildman–Crippen MR) is 58.0 cm³/mol. The molecule has 0 amide bonds. The van der Waals surface area contributed by atoms with E-state index < -0.39 is 17.5 Å². The highest BCUT2D eigenvalue weighted by Gasteiger charge is 2.15. The van der Waals surface area contributed by atoms with Gasteiger partial charge in [-0.1, -0.05) is 6.08 Å². The van der Waals surface area contributed by atoms with Gasteiger partial charge in [-0.3, -0.25) is 10.1 Å². The maximum Gasteiger partial charge on any atom is 0.387 e. The Kier molecular flexibility index (Phi) is 4.14. The molecule has 1 atom stereocenters. The normalized spacial score (nSPS) is 12.2. The lowest BCUT2D eigenvalue weighted by atomic mass is 10.0. The Hall–Kier alpha value is -1.98. The third-order valence-electron chi connectivity index (χ3n) is 2.06. The van der Waals surface area contributed by atoms with Gasteiger partial charge in [-0.05, 0) is 18.6 Å². The molecule has 1 radical (unpaired) electrons. The van der Waals surface area contributed by atoms with Gasteiger partial charge < -0.3 is 4.74 Å². The van der Waals surface area contributed by atoms with Crippen molar-refractivity contribution in [1.29, 1.82) is 0 Å². The van der Waals surface area contributed by atoms with Crippen LogP contribution in [0.1, 0.15) is 11.5 Å². The molecular weight excluding hydrogens is 232 g/mol. The molecule has 0 bridgehead atoms. The summed E-state index contributed by atoms with van der Waals surface area (Å²) in [6, 6.07) is 3.46. The quantitative estimate of drug-likeness (QED) is 0.452. The van der Waals surface area contributed by atoms with Crippen molar-refractivity contribution in [3.63, 3.8) is 0 Å². The van der Waals surface area contributed by atoms with Gasteiger partial charge in [0, 0.05) is 12.0 Å². The van der Waals surface area contributed by atoms with Gasteiger partial charge in [0.05, 0.1) is 11.0 Å². The number of benzene rings is 1. The summed E-state index contributed by atoms with van der Waals surface area (Å²) in [6.07, 6.45) is 1.45. The topological polar surface area (TPSA) is 52.4 Å². The van der Waals surface area contributed by atoms with Crippen molar-refractivity contribution >= 4 is 5.69 Å². The zero-order valence-electron chi connectivity index (χ0n) is 8.81. The minimum absolute atomic E-state index is 0.264. The first-order valence-corrected chi connectivity index (χ1v) is 4.64. The van der Waals surface area contributed by atoms with Gasteiger partial charge in [-0.15, -0.1) is 6.58 Å². The fraction of sp³-hybridized carbons (Fsp3) is 0.182. The number of ether oxygens (including phenoxy) is 1. The van der Waals surface area contributed by atoms with Crippen LogP contribution in [0.5, 0.6) is 5.75 Å². The van der Waals surface area contributed by atoms with Gasteiger partial charge in [-0.2, -0.15) is 8.78 Å². The molecule has 0 heterocycles. The van der Waals surface area contributed by atoms with Crippen LogP contribution in [-0.2, 0) is 0 Å². The third kappa shape index (κ3) is 3.51. The molecule has 4 nitrogen and oxygen atoms in total. The van der Waals surface area contributed by atoms with Crippen LogP contribution in [0.3, 0.4) is 0 Å². The van der Waals surface area contributed by atoms with Gasteiger partial charge in [0.15, 0.2) is 0 Å². The zero-order chi connectivity index (χ0) is 13.0. The lowest BCUT2D eigenvalue weighted by Gasteiger charge is -2.09. The van der Waals surface area contributed by atoms with Crippen LogP contribution in [-0.4, -0.2) is 11.5 Å². The lowest BCUT2D eigenvalue weighted by Crippen LogP contribution is -2.03. The molecule has 17 heavy (non-hydrogen) atoms. The van der Waals surface area contributed by atoms with Gasteiger partial charge in [0.1, 0.15) is 5.75 Å². The van der Waals surface area contributed by atoms with Crippen LogP contribution < -0.4 is 4.74 Å². The molecular formula is C11H10F2NO3. The number of rotatable bonds is 5. The number of nitro groups is 1. The number of halogens is 2. The molecule has 0 aromatic heterocycles. The van der Waals surface area contributed by atoms with Crippen molar-refractivity contribution in [2.24, 2.45) is 0 Å². The maximum absolute atomic E-state index is 12.0. The molecule has 0 aliphatic rings. The molecule has 0 aliphatic heterocycles. The summed E-state index contributed by atoms with van der Waals surface area (Å²) < 4.78 is 28.2. The Bertz CT molecular complexity index is 435. The van der Waals surface area contributed by atoms with Crippen LogP contribution in [0.15, 0.2) is 30.9 Å². The monoisotopic (exact) mass is 242 g/mol. The van der Waals surface area contributed by atoms with Gasteiger partial charge in [0.25, 0.3) is 5.69 Å². The van der Waals surface area contributed by atoms with Gasteiger partial charge in [-0.25, -0.2) is 0 Å². The van der Waals surface area contributed by atoms with Crippen molar-refractivity contribution in [3.05, 3.63) is 53.5 Å². The van der Waals surface area contributed by atoms with E-state index in [0.29, 0.717) is 5.56 Å². The van der Waals surface area contributed by atoms with Crippen molar-refractivity contribution in [3.8, 4) is 5.75 Å². The van der Waals surface area contributed by atoms with Crippen LogP contribution in [0.4, 0.5) is 14.5 Å². The van der Waals surface area contributed by atoms with E-state index in [2.05, 4.69) is 18.2 Å². The summed E-state index contributed by atoms with van der Waals surface area (Å²) in [4.78, 5) is 9.94. The Morgan fingerprint density at radius 3 is 2.53 bits per heavy atom. The number of nitrogens with zero attached hydrogens (tertiary/aromatic N) is 1. The summed E-state index contributed by atoms with van der Waals surface area (Å²) in [5.41, 5.74) is 0.0681. The number of non-ortho nitro benzene ring substituents is 1. The first kappa shape index (κ1) is 13.1. The Morgan fingerprint density at radius 1 is 1.41 bits per heavy atom. The molecule has 0 fully saturated rings. The minimum atomic E-state index is -3.03. The molecule has 0 spiro atoms. The maximum atomic E-state index is 12.0. The van der Waals surface area contributed by atoms with Crippen molar-refractivity contribution < 1.29 is 18.4 Å². The van der Waals surface area contributed by atoms with Crippen LogP contribution in [0.25, 0.3) is 0 Å². The highest BCUT2D eigenvalue weighted by Crippen LogP contribution is 2.28. The number of hydrogen-bond donors (Lipinski definition) is 0. The van der Waals surface area contributed by atoms with Crippen molar-refractivity contribution in [2.75, 3.05) is 0 Å². The lowest BCUT2D eigenvalue weighted by molar-refractivity contribution is -0.385. The van der Waals surface area contributed by atoms with Crippen LogP contribution >= 0.6 is 0 Å². The largest absolute Gasteiger partial charge is 0.435 e. The SMILES string of the molecule is [CH2]C(C=C)c1cc(OC(F)F)cc([N+](=O)[O-])c1. The Labute approximate surface area is 96.7 Å². The molecule has 1 unspecified atom stereocenters. The molecule has 0 saturated carbocycles. The fourth-order valence-electron chi connectivity index (χ4n) is 1.23. The van der Waals surface area contributed by atoms with Gasteiger partial charge in [0.2, 0.25) is 0 Å². The highest BCUT2D eigenvalue weighted by atomic mass is 19.3. The van der Waals surface area contributed by atoms with E-state index in [1.165, 1.54) is 18.2 Å². The van der Waals surface area contributed by atoms with Gasteiger partial charge >= 0.3 is 6.61 Å². The average molecular weight is 242 g/mol. The van der Waals surface area contributed by atoms with Crippen LogP contribution in [0.2, 0.25) is 0 Å². The average Bonchev–Trinajstić information content (AvgIpc) is 2.26. The van der Waals surface area contributed by atoms with Crippen molar-refractivity contribution in [2.45, 2.75) is 12.5 Å². The molecule has 1 aromatic carbocycles. The molecule has 0 N–H and O–H groups in total. The molecule has 0 aliphatic carbocycles. The summed E-state index contributed by atoms with van der Waals surface area (Å²) in [7, 11) is 0. The predicted octanol–water partition coefficient (Wildman–Crippen LogP) is 3.30. The van der Waals surface area contributed by atoms with Crippen molar-refractivity contribution in [1.82, 2.24) is 0 Å². The van der Waals surface area contributed by atoms with E-state index in [0.717, 1.165) is 6.07 Å². The number of allylic oxidation sites excluding steroid dienone is 1.